The Labute approximate surface area is 217 Å². The van der Waals surface area contributed by atoms with Crippen molar-refractivity contribution in [1.82, 2.24) is 9.78 Å². The highest BCUT2D eigenvalue weighted by atomic mass is 79.9. The molecule has 2 aromatic heterocycles. The fourth-order valence-electron chi connectivity index (χ4n) is 2.88. The van der Waals surface area contributed by atoms with Gasteiger partial charge >= 0.3 is 0 Å². The molecule has 0 unspecified atom stereocenters. The SMILES string of the molecule is O=C(Nc1nn(Cc2ccc(Cl)c(Cl)c2)cc1Br)c1ccc(COc2ccc(Cl)cc2Cl)o1. The molecular formula is C22H14BrCl4N3O3. The molecule has 0 saturated heterocycles. The van der Waals surface area contributed by atoms with E-state index in [0.717, 1.165) is 5.56 Å². The van der Waals surface area contributed by atoms with E-state index in [-0.39, 0.29) is 12.4 Å². The van der Waals surface area contributed by atoms with Crippen LogP contribution < -0.4 is 10.1 Å². The van der Waals surface area contributed by atoms with E-state index in [1.165, 1.54) is 0 Å². The summed E-state index contributed by atoms with van der Waals surface area (Å²) in [6.45, 7) is 0.539. The molecule has 0 bridgehead atoms. The molecule has 0 fully saturated rings. The largest absolute Gasteiger partial charge is 0.484 e. The predicted octanol–water partition coefficient (Wildman–Crippen LogP) is 7.73. The Kier molecular flexibility index (Phi) is 7.56. The summed E-state index contributed by atoms with van der Waals surface area (Å²) in [5.74, 6) is 0.922. The molecule has 2 heterocycles. The third kappa shape index (κ3) is 6.05. The minimum atomic E-state index is -0.453. The second-order valence-corrected chi connectivity index (χ2v) is 9.37. The van der Waals surface area contributed by atoms with E-state index < -0.39 is 5.91 Å². The minimum absolute atomic E-state index is 0.0939. The highest BCUT2D eigenvalue weighted by molar-refractivity contribution is 9.10. The van der Waals surface area contributed by atoms with Crippen LogP contribution in [0, 0.1) is 0 Å². The first kappa shape index (κ1) is 24.0. The summed E-state index contributed by atoms with van der Waals surface area (Å²) in [6.07, 6.45) is 1.75. The van der Waals surface area contributed by atoms with Gasteiger partial charge in [-0.05, 0) is 64.0 Å². The maximum atomic E-state index is 12.6. The Morgan fingerprint density at radius 3 is 2.61 bits per heavy atom. The topological polar surface area (TPSA) is 69.3 Å². The zero-order valence-corrected chi connectivity index (χ0v) is 21.2. The molecule has 6 nitrogen and oxygen atoms in total. The van der Waals surface area contributed by atoms with Crippen LogP contribution in [0.5, 0.6) is 5.75 Å². The van der Waals surface area contributed by atoms with Gasteiger partial charge < -0.3 is 14.5 Å². The molecule has 33 heavy (non-hydrogen) atoms. The average Bonchev–Trinajstić information content (AvgIpc) is 3.37. The molecule has 0 aliphatic rings. The van der Waals surface area contributed by atoms with Gasteiger partial charge in [-0.15, -0.1) is 0 Å². The molecule has 0 radical (unpaired) electrons. The molecule has 0 atom stereocenters. The van der Waals surface area contributed by atoms with Gasteiger partial charge in [-0.1, -0.05) is 52.5 Å². The lowest BCUT2D eigenvalue weighted by atomic mass is 10.2. The number of hydrogen-bond acceptors (Lipinski definition) is 4. The molecule has 0 aliphatic carbocycles. The standard InChI is InChI=1S/C22H14BrCl4N3O3/c23-15-10-30(9-12-1-4-16(25)17(26)7-12)29-21(15)28-22(31)20-6-3-14(33-20)11-32-19-5-2-13(24)8-18(19)27/h1-8,10H,9,11H2,(H,28,29,31). The number of carbonyl (C=O) groups is 1. The van der Waals surface area contributed by atoms with Crippen LogP contribution in [0.2, 0.25) is 20.1 Å². The van der Waals surface area contributed by atoms with E-state index in [2.05, 4.69) is 26.3 Å². The van der Waals surface area contributed by atoms with Crippen molar-refractivity contribution >= 4 is 74.1 Å². The van der Waals surface area contributed by atoms with E-state index >= 15 is 0 Å². The maximum Gasteiger partial charge on any atom is 0.292 e. The number of benzene rings is 2. The number of hydrogen-bond donors (Lipinski definition) is 1. The third-order valence-corrected chi connectivity index (χ3v) is 6.28. The van der Waals surface area contributed by atoms with Crippen LogP contribution in [0.25, 0.3) is 0 Å². The number of nitrogens with zero attached hydrogens (tertiary/aromatic N) is 2. The lowest BCUT2D eigenvalue weighted by molar-refractivity contribution is 0.0992. The third-order valence-electron chi connectivity index (χ3n) is 4.43. The van der Waals surface area contributed by atoms with Crippen molar-refractivity contribution in [2.24, 2.45) is 0 Å². The van der Waals surface area contributed by atoms with Crippen molar-refractivity contribution in [3.05, 3.63) is 96.4 Å². The second kappa shape index (κ2) is 10.4. The van der Waals surface area contributed by atoms with Gasteiger partial charge in [0.15, 0.2) is 11.6 Å². The Balaban J connectivity index is 1.38. The van der Waals surface area contributed by atoms with Crippen molar-refractivity contribution in [3.63, 3.8) is 0 Å². The van der Waals surface area contributed by atoms with Gasteiger partial charge in [0.25, 0.3) is 5.91 Å². The van der Waals surface area contributed by atoms with Crippen molar-refractivity contribution in [1.29, 1.82) is 0 Å². The second-order valence-electron chi connectivity index (χ2n) is 6.86. The average molecular weight is 590 g/mol. The van der Waals surface area contributed by atoms with Gasteiger partial charge in [-0.3, -0.25) is 9.48 Å². The fourth-order valence-corrected chi connectivity index (χ4v) is 4.07. The van der Waals surface area contributed by atoms with E-state index in [9.17, 15) is 4.79 Å². The Morgan fingerprint density at radius 2 is 1.85 bits per heavy atom. The summed E-state index contributed by atoms with van der Waals surface area (Å²) in [7, 11) is 0. The summed E-state index contributed by atoms with van der Waals surface area (Å²) >= 11 is 27.4. The van der Waals surface area contributed by atoms with E-state index in [1.54, 1.807) is 53.3 Å². The van der Waals surface area contributed by atoms with Crippen molar-refractivity contribution < 1.29 is 13.9 Å². The smallest absolute Gasteiger partial charge is 0.292 e. The monoisotopic (exact) mass is 587 g/mol. The summed E-state index contributed by atoms with van der Waals surface area (Å²) in [5, 5.41) is 8.95. The number of amides is 1. The highest BCUT2D eigenvalue weighted by Crippen LogP contribution is 2.29. The molecule has 0 aliphatic heterocycles. The molecule has 0 spiro atoms. The molecule has 4 rings (SSSR count). The molecule has 170 valence electrons. The lowest BCUT2D eigenvalue weighted by Crippen LogP contribution is -2.12. The molecule has 1 amide bonds. The number of aromatic nitrogens is 2. The van der Waals surface area contributed by atoms with Gasteiger partial charge in [0.1, 0.15) is 18.1 Å². The molecular weight excluding hydrogens is 576 g/mol. The zero-order chi connectivity index (χ0) is 23.5. The van der Waals surface area contributed by atoms with Crippen LogP contribution in [-0.2, 0) is 13.2 Å². The Hall–Kier alpha value is -2.16. The fraction of sp³-hybridized carbons (Fsp3) is 0.0909. The normalized spacial score (nSPS) is 10.9. The van der Waals surface area contributed by atoms with Gasteiger partial charge in [-0.25, -0.2) is 0 Å². The van der Waals surface area contributed by atoms with E-state index in [4.69, 9.17) is 55.6 Å². The van der Waals surface area contributed by atoms with Crippen LogP contribution >= 0.6 is 62.3 Å². The molecule has 1 N–H and O–H groups in total. The summed E-state index contributed by atoms with van der Waals surface area (Å²) in [5.41, 5.74) is 0.911. The van der Waals surface area contributed by atoms with Gasteiger partial charge in [0, 0.05) is 11.2 Å². The van der Waals surface area contributed by atoms with Crippen molar-refractivity contribution in [2.75, 3.05) is 5.32 Å². The minimum Gasteiger partial charge on any atom is -0.484 e. The number of anilines is 1. The van der Waals surface area contributed by atoms with Crippen LogP contribution in [0.1, 0.15) is 21.9 Å². The van der Waals surface area contributed by atoms with E-state index in [1.807, 2.05) is 6.07 Å². The quantitative estimate of drug-likeness (QED) is 0.239. The Morgan fingerprint density at radius 1 is 1.03 bits per heavy atom. The van der Waals surface area contributed by atoms with Crippen molar-refractivity contribution in [2.45, 2.75) is 13.2 Å². The van der Waals surface area contributed by atoms with Gasteiger partial charge in [0.05, 0.1) is 26.1 Å². The summed E-state index contributed by atoms with van der Waals surface area (Å²) in [6, 6.07) is 13.5. The molecule has 4 aromatic rings. The molecule has 0 saturated carbocycles. The first-order chi connectivity index (χ1) is 15.8. The van der Waals surface area contributed by atoms with Crippen LogP contribution in [0.3, 0.4) is 0 Å². The first-order valence-electron chi connectivity index (χ1n) is 9.43. The van der Waals surface area contributed by atoms with Crippen LogP contribution in [0.4, 0.5) is 5.82 Å². The van der Waals surface area contributed by atoms with Crippen LogP contribution in [0.15, 0.2) is 63.6 Å². The van der Waals surface area contributed by atoms with E-state index in [0.29, 0.717) is 48.4 Å². The van der Waals surface area contributed by atoms with Crippen LogP contribution in [-0.4, -0.2) is 15.7 Å². The predicted molar refractivity (Wildman–Crippen MR) is 133 cm³/mol. The lowest BCUT2D eigenvalue weighted by Gasteiger charge is -2.06. The number of halogens is 5. The number of rotatable bonds is 7. The number of furan rings is 1. The molecule has 11 heteroatoms. The molecule has 2 aromatic carbocycles. The maximum absolute atomic E-state index is 12.6. The van der Waals surface area contributed by atoms with Crippen molar-refractivity contribution in [3.8, 4) is 5.75 Å². The Bertz CT molecular complexity index is 1320. The number of carbonyl (C=O) groups excluding carboxylic acids is 1. The summed E-state index contributed by atoms with van der Waals surface area (Å²) < 4.78 is 13.5. The number of ether oxygens (including phenoxy) is 1. The van der Waals surface area contributed by atoms with Gasteiger partial charge in [0.2, 0.25) is 0 Å². The summed E-state index contributed by atoms with van der Waals surface area (Å²) in [4.78, 5) is 12.6. The highest BCUT2D eigenvalue weighted by Gasteiger charge is 2.16. The first-order valence-corrected chi connectivity index (χ1v) is 11.7. The zero-order valence-electron chi connectivity index (χ0n) is 16.6. The number of nitrogens with one attached hydrogen (secondary N) is 1. The van der Waals surface area contributed by atoms with Gasteiger partial charge in [-0.2, -0.15) is 5.10 Å².